The second kappa shape index (κ2) is 5.02. The van der Waals surface area contributed by atoms with Gasteiger partial charge < -0.3 is 0 Å². The molecule has 0 N–H and O–H groups in total. The average Bonchev–Trinajstić information content (AvgIpc) is 2.45. The van der Waals surface area contributed by atoms with Gasteiger partial charge in [-0.1, -0.05) is 42.5 Å². The largest absolute Gasteiger partial charge is 0.275 e. The summed E-state index contributed by atoms with van der Waals surface area (Å²) in [6, 6.07) is 18.1. The van der Waals surface area contributed by atoms with Crippen LogP contribution in [0.3, 0.4) is 0 Å². The zero-order chi connectivity index (χ0) is 15.0. The third kappa shape index (κ3) is 2.27. The predicted molar refractivity (Wildman–Crippen MR) is 85.5 cm³/mol. The minimum absolute atomic E-state index is 0.207. The van der Waals surface area contributed by atoms with Gasteiger partial charge in [-0.15, -0.1) is 0 Å². The molecule has 3 aromatic rings. The first-order valence-electron chi connectivity index (χ1n) is 6.81. The lowest BCUT2D eigenvalue weighted by Gasteiger charge is -2.10. The molecule has 104 valence electrons. The van der Waals surface area contributed by atoms with Crippen molar-refractivity contribution in [3.05, 3.63) is 75.8 Å². The number of rotatable bonds is 2. The monoisotopic (exact) mass is 277 g/mol. The molecule has 0 spiro atoms. The summed E-state index contributed by atoms with van der Waals surface area (Å²) in [5.41, 5.74) is 3.73. The topological polar surface area (TPSA) is 43.1 Å². The third-order valence-electron chi connectivity index (χ3n) is 3.77. The fourth-order valence-electron chi connectivity index (χ4n) is 2.88. The van der Waals surface area contributed by atoms with E-state index in [2.05, 4.69) is 24.3 Å². The highest BCUT2D eigenvalue weighted by atomic mass is 16.6. The van der Waals surface area contributed by atoms with Crippen molar-refractivity contribution in [3.8, 4) is 11.1 Å². The first kappa shape index (κ1) is 13.3. The van der Waals surface area contributed by atoms with Crippen LogP contribution >= 0.6 is 0 Å². The molecule has 0 fully saturated rings. The lowest BCUT2D eigenvalue weighted by Crippen LogP contribution is -1.96. The molecule has 0 unspecified atom stereocenters. The molecular weight excluding hydrogens is 262 g/mol. The van der Waals surface area contributed by atoms with Gasteiger partial charge in [-0.3, -0.25) is 10.1 Å². The second-order valence-electron chi connectivity index (χ2n) is 5.24. The molecule has 0 radical (unpaired) electrons. The quantitative estimate of drug-likeness (QED) is 0.487. The van der Waals surface area contributed by atoms with Gasteiger partial charge >= 0.3 is 0 Å². The molecule has 0 heterocycles. The minimum atomic E-state index is -0.308. The minimum Gasteiger partial charge on any atom is -0.258 e. The van der Waals surface area contributed by atoms with Gasteiger partial charge in [-0.05, 0) is 47.9 Å². The van der Waals surface area contributed by atoms with Crippen molar-refractivity contribution in [2.45, 2.75) is 13.8 Å². The molecule has 0 aromatic heterocycles. The summed E-state index contributed by atoms with van der Waals surface area (Å²) < 4.78 is 0. The Hall–Kier alpha value is -2.68. The Morgan fingerprint density at radius 3 is 2.19 bits per heavy atom. The van der Waals surface area contributed by atoms with Crippen LogP contribution in [0.15, 0.2) is 54.6 Å². The lowest BCUT2D eigenvalue weighted by molar-refractivity contribution is -0.386. The van der Waals surface area contributed by atoms with E-state index in [4.69, 9.17) is 0 Å². The summed E-state index contributed by atoms with van der Waals surface area (Å²) in [5.74, 6) is 0. The number of nitro groups is 1. The van der Waals surface area contributed by atoms with E-state index in [1.807, 2.05) is 30.3 Å². The molecule has 0 aliphatic rings. The van der Waals surface area contributed by atoms with Crippen LogP contribution in [0.1, 0.15) is 11.1 Å². The van der Waals surface area contributed by atoms with E-state index < -0.39 is 0 Å². The third-order valence-corrected chi connectivity index (χ3v) is 3.77. The summed E-state index contributed by atoms with van der Waals surface area (Å²) in [4.78, 5) is 10.8. The van der Waals surface area contributed by atoms with Crippen molar-refractivity contribution in [2.75, 3.05) is 0 Å². The second-order valence-corrected chi connectivity index (χ2v) is 5.24. The number of nitro benzene ring substituents is 1. The lowest BCUT2D eigenvalue weighted by atomic mass is 9.95. The van der Waals surface area contributed by atoms with Crippen LogP contribution in [0.25, 0.3) is 21.9 Å². The van der Waals surface area contributed by atoms with Gasteiger partial charge in [0.05, 0.1) is 4.92 Å². The first-order chi connectivity index (χ1) is 10.1. The predicted octanol–water partition coefficient (Wildman–Crippen LogP) is 5.03. The van der Waals surface area contributed by atoms with Crippen LogP contribution in [0.4, 0.5) is 5.69 Å². The van der Waals surface area contributed by atoms with Gasteiger partial charge in [0.15, 0.2) is 0 Å². The maximum absolute atomic E-state index is 11.1. The normalized spacial score (nSPS) is 10.8. The number of aryl methyl sites for hydroxylation is 2. The highest BCUT2D eigenvalue weighted by molar-refractivity contribution is 5.97. The van der Waals surface area contributed by atoms with Gasteiger partial charge in [-0.25, -0.2) is 0 Å². The van der Waals surface area contributed by atoms with Crippen LogP contribution in [-0.2, 0) is 0 Å². The van der Waals surface area contributed by atoms with E-state index in [9.17, 15) is 10.1 Å². The highest BCUT2D eigenvalue weighted by Crippen LogP contribution is 2.33. The van der Waals surface area contributed by atoms with Crippen LogP contribution in [0.2, 0.25) is 0 Å². The highest BCUT2D eigenvalue weighted by Gasteiger charge is 2.16. The van der Waals surface area contributed by atoms with Gasteiger partial charge in [0.25, 0.3) is 5.69 Å². The van der Waals surface area contributed by atoms with E-state index in [1.54, 1.807) is 13.8 Å². The maximum atomic E-state index is 11.1. The van der Waals surface area contributed by atoms with E-state index in [0.717, 1.165) is 16.5 Å². The van der Waals surface area contributed by atoms with E-state index in [0.29, 0.717) is 11.1 Å². The molecule has 0 saturated carbocycles. The summed E-state index contributed by atoms with van der Waals surface area (Å²) in [6.07, 6.45) is 0. The molecule has 3 rings (SSSR count). The molecule has 0 bridgehead atoms. The Morgan fingerprint density at radius 1 is 0.905 bits per heavy atom. The first-order valence-corrected chi connectivity index (χ1v) is 6.81. The summed E-state index contributed by atoms with van der Waals surface area (Å²) >= 11 is 0. The van der Waals surface area contributed by atoms with Crippen molar-refractivity contribution in [1.82, 2.24) is 0 Å². The van der Waals surface area contributed by atoms with Gasteiger partial charge in [0.1, 0.15) is 0 Å². The molecular formula is C18H15NO2. The number of fused-ring (bicyclic) bond motifs is 1. The SMILES string of the molecule is Cc1cc(-c2cccc3ccccc23)cc(C)c1[N+](=O)[O-]. The smallest absolute Gasteiger partial charge is 0.258 e. The molecule has 3 heteroatoms. The summed E-state index contributed by atoms with van der Waals surface area (Å²) in [6.45, 7) is 3.58. The van der Waals surface area contributed by atoms with Crippen molar-refractivity contribution in [2.24, 2.45) is 0 Å². The zero-order valence-electron chi connectivity index (χ0n) is 12.0. The van der Waals surface area contributed by atoms with Crippen LogP contribution in [0, 0.1) is 24.0 Å². The van der Waals surface area contributed by atoms with Crippen molar-refractivity contribution < 1.29 is 4.92 Å². The van der Waals surface area contributed by atoms with Gasteiger partial charge in [0.2, 0.25) is 0 Å². The van der Waals surface area contributed by atoms with E-state index in [1.165, 1.54) is 5.39 Å². The number of benzene rings is 3. The average molecular weight is 277 g/mol. The van der Waals surface area contributed by atoms with E-state index >= 15 is 0 Å². The number of hydrogen-bond donors (Lipinski definition) is 0. The molecule has 0 aliphatic heterocycles. The molecule has 21 heavy (non-hydrogen) atoms. The van der Waals surface area contributed by atoms with Crippen LogP contribution < -0.4 is 0 Å². The van der Waals surface area contributed by atoms with Crippen molar-refractivity contribution in [1.29, 1.82) is 0 Å². The zero-order valence-corrected chi connectivity index (χ0v) is 12.0. The van der Waals surface area contributed by atoms with E-state index in [-0.39, 0.29) is 10.6 Å². The van der Waals surface area contributed by atoms with Crippen LogP contribution in [-0.4, -0.2) is 4.92 Å². The molecule has 0 aliphatic carbocycles. The fourth-order valence-corrected chi connectivity index (χ4v) is 2.88. The molecule has 0 atom stereocenters. The molecule has 3 aromatic carbocycles. The molecule has 0 saturated heterocycles. The Balaban J connectivity index is 2.27. The van der Waals surface area contributed by atoms with Crippen molar-refractivity contribution >= 4 is 16.5 Å². The Labute approximate surface area is 123 Å². The Morgan fingerprint density at radius 2 is 1.52 bits per heavy atom. The standard InChI is InChI=1S/C18H15NO2/c1-12-10-15(11-13(2)18(12)19(20)21)17-9-5-7-14-6-3-4-8-16(14)17/h3-11H,1-2H3. The Bertz CT molecular complexity index is 824. The van der Waals surface area contributed by atoms with Gasteiger partial charge in [0, 0.05) is 11.1 Å². The summed E-state index contributed by atoms with van der Waals surface area (Å²) in [5, 5.41) is 13.4. The number of nitrogens with zero attached hydrogens (tertiary/aromatic N) is 1. The Kier molecular flexibility index (Phi) is 3.18. The molecule has 0 amide bonds. The molecule has 3 nitrogen and oxygen atoms in total. The van der Waals surface area contributed by atoms with Gasteiger partial charge in [-0.2, -0.15) is 0 Å². The summed E-state index contributed by atoms with van der Waals surface area (Å²) in [7, 11) is 0. The maximum Gasteiger partial charge on any atom is 0.275 e. The van der Waals surface area contributed by atoms with Crippen LogP contribution in [0.5, 0.6) is 0 Å². The van der Waals surface area contributed by atoms with Crippen molar-refractivity contribution in [3.63, 3.8) is 0 Å². The number of hydrogen-bond acceptors (Lipinski definition) is 2. The fraction of sp³-hybridized carbons (Fsp3) is 0.111.